The molecule has 0 heterocycles. The average molecular weight is 627 g/mol. The molecule has 6 atom stereocenters. The minimum atomic E-state index is -4.73. The molecular formula is C29H55O12P. The van der Waals surface area contributed by atoms with Gasteiger partial charge in [0.1, 0.15) is 24.4 Å². The van der Waals surface area contributed by atoms with Crippen molar-refractivity contribution < 1.29 is 58.0 Å². The first-order valence-corrected chi connectivity index (χ1v) is 16.7. The van der Waals surface area contributed by atoms with Gasteiger partial charge in [-0.05, 0) is 38.5 Å². The van der Waals surface area contributed by atoms with Gasteiger partial charge in [0.2, 0.25) is 0 Å². The van der Waals surface area contributed by atoms with Crippen molar-refractivity contribution in [3.05, 3.63) is 12.2 Å². The molecule has 5 N–H and O–H groups in total. The summed E-state index contributed by atoms with van der Waals surface area (Å²) >= 11 is 0. The molecule has 13 heteroatoms. The van der Waals surface area contributed by atoms with Gasteiger partial charge >= 0.3 is 19.8 Å². The molecule has 42 heavy (non-hydrogen) atoms. The zero-order valence-electron chi connectivity index (χ0n) is 25.6. The fraction of sp³-hybridized carbons (Fsp3) is 0.862. The van der Waals surface area contributed by atoms with Crippen LogP contribution in [-0.2, 0) is 32.7 Å². The van der Waals surface area contributed by atoms with Gasteiger partial charge in [0, 0.05) is 6.42 Å². The van der Waals surface area contributed by atoms with E-state index in [9.17, 15) is 39.5 Å². The van der Waals surface area contributed by atoms with E-state index in [0.29, 0.717) is 12.8 Å². The Hall–Kier alpha value is -1.37. The number of unbranched alkanes of at least 4 members (excludes halogenated alkanes) is 11. The van der Waals surface area contributed by atoms with Crippen molar-refractivity contribution in [2.75, 3.05) is 20.3 Å². The van der Waals surface area contributed by atoms with Gasteiger partial charge in [-0.15, -0.1) is 0 Å². The SMILES string of the molecule is CCCCCCCCC=CCCCCCCCC(=O)OC(CC)COP(=O)(O)OCC(O)C(O)C(O)C(O)C(=O)OC. The van der Waals surface area contributed by atoms with E-state index in [4.69, 9.17) is 9.26 Å². The van der Waals surface area contributed by atoms with Gasteiger partial charge in [0.25, 0.3) is 0 Å². The number of phosphoric ester groups is 1. The van der Waals surface area contributed by atoms with Crippen molar-refractivity contribution in [3.63, 3.8) is 0 Å². The zero-order valence-corrected chi connectivity index (χ0v) is 26.5. The molecule has 0 saturated carbocycles. The Balaban J connectivity index is 4.08. The molecule has 0 rings (SSSR count). The lowest BCUT2D eigenvalue weighted by Crippen LogP contribution is -2.49. The van der Waals surface area contributed by atoms with Crippen LogP contribution >= 0.6 is 7.82 Å². The number of esters is 2. The summed E-state index contributed by atoms with van der Waals surface area (Å²) in [5.74, 6) is -1.68. The van der Waals surface area contributed by atoms with Crippen molar-refractivity contribution in [1.82, 2.24) is 0 Å². The topological polar surface area (TPSA) is 189 Å². The van der Waals surface area contributed by atoms with Crippen LogP contribution in [-0.4, -0.2) is 88.1 Å². The van der Waals surface area contributed by atoms with Crippen LogP contribution in [0.1, 0.15) is 110 Å². The average Bonchev–Trinajstić information content (AvgIpc) is 2.98. The summed E-state index contributed by atoms with van der Waals surface area (Å²) in [5.41, 5.74) is 0. The molecule has 6 unspecified atom stereocenters. The van der Waals surface area contributed by atoms with Crippen LogP contribution in [0.25, 0.3) is 0 Å². The molecule has 12 nitrogen and oxygen atoms in total. The predicted molar refractivity (Wildman–Crippen MR) is 157 cm³/mol. The lowest BCUT2D eigenvalue weighted by molar-refractivity contribution is -0.167. The number of carbonyl (C=O) groups excluding carboxylic acids is 2. The number of aliphatic hydroxyl groups excluding tert-OH is 4. The highest BCUT2D eigenvalue weighted by Gasteiger charge is 2.36. The van der Waals surface area contributed by atoms with Crippen molar-refractivity contribution in [3.8, 4) is 0 Å². The van der Waals surface area contributed by atoms with Gasteiger partial charge < -0.3 is 34.8 Å². The van der Waals surface area contributed by atoms with E-state index < -0.39 is 63.5 Å². The van der Waals surface area contributed by atoms with E-state index in [1.54, 1.807) is 6.92 Å². The van der Waals surface area contributed by atoms with E-state index >= 15 is 0 Å². The lowest BCUT2D eigenvalue weighted by atomic mass is 10.0. The van der Waals surface area contributed by atoms with E-state index in [-0.39, 0.29) is 6.42 Å². The second-order valence-corrected chi connectivity index (χ2v) is 11.9. The number of ether oxygens (including phenoxy) is 2. The monoisotopic (exact) mass is 626 g/mol. The fourth-order valence-corrected chi connectivity index (χ4v) is 4.75. The van der Waals surface area contributed by atoms with Gasteiger partial charge in [-0.3, -0.25) is 13.8 Å². The second kappa shape index (κ2) is 25.0. The third-order valence-corrected chi connectivity index (χ3v) is 7.69. The predicted octanol–water partition coefficient (Wildman–Crippen LogP) is 4.10. The molecule has 0 radical (unpaired) electrons. The summed E-state index contributed by atoms with van der Waals surface area (Å²) in [4.78, 5) is 33.2. The number of rotatable bonds is 27. The van der Waals surface area contributed by atoms with Gasteiger partial charge in [0.05, 0.1) is 20.3 Å². The number of carbonyl (C=O) groups is 2. The minimum absolute atomic E-state index is 0.228. The van der Waals surface area contributed by atoms with Crippen LogP contribution in [0, 0.1) is 0 Å². The largest absolute Gasteiger partial charge is 0.472 e. The quantitative estimate of drug-likeness (QED) is 0.0381. The number of allylic oxidation sites excluding steroid dienone is 2. The van der Waals surface area contributed by atoms with Crippen molar-refractivity contribution in [2.45, 2.75) is 141 Å². The molecule has 0 aromatic heterocycles. The van der Waals surface area contributed by atoms with Crippen LogP contribution in [0.5, 0.6) is 0 Å². The summed E-state index contributed by atoms with van der Waals surface area (Å²) in [6.45, 7) is 2.53. The lowest BCUT2D eigenvalue weighted by Gasteiger charge is -2.25. The number of hydrogen-bond acceptors (Lipinski definition) is 11. The summed E-state index contributed by atoms with van der Waals surface area (Å²) in [7, 11) is -3.78. The van der Waals surface area contributed by atoms with Gasteiger partial charge in [-0.2, -0.15) is 0 Å². The first-order chi connectivity index (χ1) is 20.0. The molecule has 0 spiro atoms. The molecule has 0 bridgehead atoms. The Morgan fingerprint density at radius 3 is 1.83 bits per heavy atom. The number of aliphatic hydroxyl groups is 4. The highest BCUT2D eigenvalue weighted by Crippen LogP contribution is 2.43. The second-order valence-electron chi connectivity index (χ2n) is 10.4. The first kappa shape index (κ1) is 40.6. The maximum Gasteiger partial charge on any atom is 0.472 e. The molecule has 0 aromatic carbocycles. The van der Waals surface area contributed by atoms with Crippen LogP contribution in [0.3, 0.4) is 0 Å². The van der Waals surface area contributed by atoms with Gasteiger partial charge in [-0.25, -0.2) is 9.36 Å². The van der Waals surface area contributed by atoms with E-state index in [1.807, 2.05) is 0 Å². The van der Waals surface area contributed by atoms with E-state index in [0.717, 1.165) is 45.6 Å². The molecule has 0 aliphatic carbocycles. The zero-order chi connectivity index (χ0) is 31.8. The van der Waals surface area contributed by atoms with Gasteiger partial charge in [0.15, 0.2) is 6.10 Å². The van der Waals surface area contributed by atoms with E-state index in [2.05, 4.69) is 28.3 Å². The third-order valence-electron chi connectivity index (χ3n) is 6.74. The van der Waals surface area contributed by atoms with Crippen molar-refractivity contribution in [2.24, 2.45) is 0 Å². The van der Waals surface area contributed by atoms with E-state index in [1.165, 1.54) is 38.5 Å². The summed E-state index contributed by atoms with van der Waals surface area (Å²) in [6, 6.07) is 0. The van der Waals surface area contributed by atoms with Crippen LogP contribution in [0.15, 0.2) is 12.2 Å². The Morgan fingerprint density at radius 2 is 1.29 bits per heavy atom. The Kier molecular flexibility index (Phi) is 24.2. The third kappa shape index (κ3) is 20.5. The maximum absolute atomic E-state index is 12.2. The normalized spacial score (nSPS) is 16.9. The molecular weight excluding hydrogens is 571 g/mol. The number of methoxy groups -OCH3 is 1. The Bertz CT molecular complexity index is 778. The van der Waals surface area contributed by atoms with Crippen LogP contribution < -0.4 is 0 Å². The molecule has 0 aliphatic rings. The highest BCUT2D eigenvalue weighted by atomic mass is 31.2. The Labute approximate surface area is 251 Å². The van der Waals surface area contributed by atoms with Gasteiger partial charge in [-0.1, -0.05) is 77.4 Å². The number of phosphoric acid groups is 1. The van der Waals surface area contributed by atoms with Crippen LogP contribution in [0.4, 0.5) is 0 Å². The number of hydrogen-bond donors (Lipinski definition) is 5. The molecule has 0 aliphatic heterocycles. The Morgan fingerprint density at radius 1 is 0.762 bits per heavy atom. The standard InChI is InChI=1S/C29H55O12P/c1-4-6-7-8-9-10-11-12-13-14-15-16-17-18-19-20-25(31)41-23(5-2)21-39-42(36,37)40-22-24(30)26(32)27(33)28(34)29(35)38-3/h12-13,23-24,26-28,30,32-34H,4-11,14-22H2,1-3H3,(H,36,37). The fourth-order valence-electron chi connectivity index (χ4n) is 3.98. The minimum Gasteiger partial charge on any atom is -0.467 e. The molecule has 0 aromatic rings. The molecule has 248 valence electrons. The molecule has 0 amide bonds. The molecule has 0 fully saturated rings. The maximum atomic E-state index is 12.2. The van der Waals surface area contributed by atoms with Crippen LogP contribution in [0.2, 0.25) is 0 Å². The molecule has 0 saturated heterocycles. The summed E-state index contributed by atoms with van der Waals surface area (Å²) < 4.78 is 31.1. The smallest absolute Gasteiger partial charge is 0.467 e. The first-order valence-electron chi connectivity index (χ1n) is 15.2. The van der Waals surface area contributed by atoms with Crippen molar-refractivity contribution >= 4 is 19.8 Å². The van der Waals surface area contributed by atoms with Crippen molar-refractivity contribution in [1.29, 1.82) is 0 Å². The summed E-state index contributed by atoms with van der Waals surface area (Å²) in [5, 5.41) is 39.0. The summed E-state index contributed by atoms with van der Waals surface area (Å²) in [6.07, 6.45) is 10.9. The highest BCUT2D eigenvalue weighted by molar-refractivity contribution is 7.47.